The molecule has 1 saturated heterocycles. The molecule has 1 unspecified atom stereocenters. The molecule has 2 N–H and O–H groups in total. The molecule has 2 nitrogen and oxygen atoms in total. The normalized spacial score (nSPS) is 20.4. The zero-order valence-corrected chi connectivity index (χ0v) is 12.3. The molecular formula is C17H27NO. The Kier molecular flexibility index (Phi) is 5.00. The average molecular weight is 261 g/mol. The summed E-state index contributed by atoms with van der Waals surface area (Å²) in [7, 11) is 0. The maximum Gasteiger partial charge on any atom is 0.0475 e. The van der Waals surface area contributed by atoms with E-state index in [1.165, 1.54) is 5.56 Å². The van der Waals surface area contributed by atoms with Gasteiger partial charge in [-0.05, 0) is 24.3 Å². The van der Waals surface area contributed by atoms with Crippen molar-refractivity contribution in [1.82, 2.24) is 0 Å². The van der Waals surface area contributed by atoms with Crippen molar-refractivity contribution in [3.63, 3.8) is 0 Å². The minimum Gasteiger partial charge on any atom is -0.381 e. The van der Waals surface area contributed by atoms with E-state index in [4.69, 9.17) is 10.5 Å². The van der Waals surface area contributed by atoms with Gasteiger partial charge in [0.25, 0.3) is 0 Å². The summed E-state index contributed by atoms with van der Waals surface area (Å²) in [6.07, 6.45) is 4.42. The summed E-state index contributed by atoms with van der Waals surface area (Å²) in [5, 5.41) is 0. The van der Waals surface area contributed by atoms with Gasteiger partial charge in [-0.15, -0.1) is 0 Å². The van der Waals surface area contributed by atoms with Crippen molar-refractivity contribution >= 4 is 0 Å². The second-order valence-corrected chi connectivity index (χ2v) is 5.74. The van der Waals surface area contributed by atoms with Crippen LogP contribution in [0.5, 0.6) is 0 Å². The third-order valence-electron chi connectivity index (χ3n) is 4.93. The summed E-state index contributed by atoms with van der Waals surface area (Å²) < 4.78 is 5.59. The summed E-state index contributed by atoms with van der Waals surface area (Å²) in [6.45, 7) is 6.18. The van der Waals surface area contributed by atoms with Crippen molar-refractivity contribution in [3.05, 3.63) is 35.9 Å². The Hall–Kier alpha value is -0.860. The van der Waals surface area contributed by atoms with Gasteiger partial charge in [0.2, 0.25) is 0 Å². The Morgan fingerprint density at radius 1 is 1.11 bits per heavy atom. The first kappa shape index (κ1) is 14.5. The van der Waals surface area contributed by atoms with Crippen molar-refractivity contribution < 1.29 is 4.74 Å². The molecule has 2 heteroatoms. The molecule has 0 spiro atoms. The van der Waals surface area contributed by atoms with Crippen LogP contribution >= 0.6 is 0 Å². The largest absolute Gasteiger partial charge is 0.381 e. The quantitative estimate of drug-likeness (QED) is 0.880. The Bertz CT molecular complexity index is 366. The van der Waals surface area contributed by atoms with Gasteiger partial charge < -0.3 is 10.5 Å². The predicted molar refractivity (Wildman–Crippen MR) is 80.2 cm³/mol. The number of benzene rings is 1. The zero-order valence-electron chi connectivity index (χ0n) is 12.3. The van der Waals surface area contributed by atoms with Gasteiger partial charge in [-0.2, -0.15) is 0 Å². The zero-order chi connectivity index (χ0) is 13.7. The van der Waals surface area contributed by atoms with E-state index in [1.807, 2.05) is 0 Å². The smallest absolute Gasteiger partial charge is 0.0475 e. The molecule has 1 aromatic rings. The van der Waals surface area contributed by atoms with Gasteiger partial charge in [-0.25, -0.2) is 0 Å². The molecule has 0 bridgehead atoms. The van der Waals surface area contributed by atoms with Gasteiger partial charge in [-0.1, -0.05) is 57.0 Å². The van der Waals surface area contributed by atoms with Crippen LogP contribution in [0.2, 0.25) is 0 Å². The van der Waals surface area contributed by atoms with Crippen LogP contribution in [0.3, 0.4) is 0 Å². The molecule has 1 heterocycles. The first-order valence-corrected chi connectivity index (χ1v) is 7.63. The number of ether oxygens (including phenoxy) is 1. The molecule has 0 aromatic heterocycles. The second kappa shape index (κ2) is 6.53. The molecule has 0 radical (unpaired) electrons. The highest BCUT2D eigenvalue weighted by Gasteiger charge is 2.42. The maximum absolute atomic E-state index is 6.73. The number of hydrogen-bond acceptors (Lipinski definition) is 2. The van der Waals surface area contributed by atoms with E-state index < -0.39 is 0 Å². The van der Waals surface area contributed by atoms with E-state index in [-0.39, 0.29) is 11.5 Å². The molecule has 0 saturated carbocycles. The summed E-state index contributed by atoms with van der Waals surface area (Å²) in [5.74, 6) is 0.596. The van der Waals surface area contributed by atoms with Gasteiger partial charge in [0.1, 0.15) is 0 Å². The second-order valence-electron chi connectivity index (χ2n) is 5.74. The molecule has 2 rings (SSSR count). The van der Waals surface area contributed by atoms with Crippen LogP contribution in [-0.4, -0.2) is 19.3 Å². The lowest BCUT2D eigenvalue weighted by atomic mass is 9.64. The highest BCUT2D eigenvalue weighted by Crippen LogP contribution is 2.40. The first-order chi connectivity index (χ1) is 9.24. The van der Waals surface area contributed by atoms with Crippen molar-refractivity contribution in [1.29, 1.82) is 0 Å². The molecule has 1 fully saturated rings. The molecule has 19 heavy (non-hydrogen) atoms. The Morgan fingerprint density at radius 2 is 1.68 bits per heavy atom. The number of nitrogens with two attached hydrogens (primary N) is 1. The fourth-order valence-electron chi connectivity index (χ4n) is 3.57. The van der Waals surface area contributed by atoms with Crippen molar-refractivity contribution in [3.8, 4) is 0 Å². The Morgan fingerprint density at radius 3 is 2.21 bits per heavy atom. The van der Waals surface area contributed by atoms with Crippen molar-refractivity contribution in [2.24, 2.45) is 11.7 Å². The molecule has 0 aliphatic carbocycles. The third kappa shape index (κ3) is 2.85. The Balaban J connectivity index is 2.34. The van der Waals surface area contributed by atoms with E-state index in [0.29, 0.717) is 5.92 Å². The van der Waals surface area contributed by atoms with Crippen LogP contribution in [0.25, 0.3) is 0 Å². The standard InChI is InChI=1S/C17H27NO/c1-3-14(4-2)16(18)17(10-12-19-13-11-17)15-8-6-5-7-9-15/h5-9,14,16H,3-4,10-13,18H2,1-2H3. The molecule has 0 amide bonds. The van der Waals surface area contributed by atoms with E-state index in [1.54, 1.807) is 0 Å². The van der Waals surface area contributed by atoms with E-state index in [0.717, 1.165) is 38.9 Å². The van der Waals surface area contributed by atoms with Gasteiger partial charge in [0.15, 0.2) is 0 Å². The van der Waals surface area contributed by atoms with Crippen molar-refractivity contribution in [2.45, 2.75) is 51.0 Å². The highest BCUT2D eigenvalue weighted by atomic mass is 16.5. The fourth-order valence-corrected chi connectivity index (χ4v) is 3.57. The fraction of sp³-hybridized carbons (Fsp3) is 0.647. The van der Waals surface area contributed by atoms with Gasteiger partial charge in [-0.3, -0.25) is 0 Å². The summed E-state index contributed by atoms with van der Waals surface area (Å²) >= 11 is 0. The summed E-state index contributed by atoms with van der Waals surface area (Å²) in [5.41, 5.74) is 8.23. The molecule has 1 atom stereocenters. The summed E-state index contributed by atoms with van der Waals surface area (Å²) in [4.78, 5) is 0. The van der Waals surface area contributed by atoms with E-state index in [2.05, 4.69) is 44.2 Å². The lowest BCUT2D eigenvalue weighted by Crippen LogP contribution is -2.52. The average Bonchev–Trinajstić information content (AvgIpc) is 2.50. The van der Waals surface area contributed by atoms with Crippen molar-refractivity contribution in [2.75, 3.05) is 13.2 Å². The predicted octanol–water partition coefficient (Wildman–Crippen LogP) is 3.50. The maximum atomic E-state index is 6.73. The number of rotatable bonds is 5. The van der Waals surface area contributed by atoms with Gasteiger partial charge in [0, 0.05) is 24.7 Å². The van der Waals surface area contributed by atoms with E-state index >= 15 is 0 Å². The molecule has 1 aromatic carbocycles. The first-order valence-electron chi connectivity index (χ1n) is 7.63. The third-order valence-corrected chi connectivity index (χ3v) is 4.93. The lowest BCUT2D eigenvalue weighted by molar-refractivity contribution is 0.0303. The van der Waals surface area contributed by atoms with Crippen LogP contribution in [0.4, 0.5) is 0 Å². The van der Waals surface area contributed by atoms with Crippen LogP contribution in [0.15, 0.2) is 30.3 Å². The van der Waals surface area contributed by atoms with Crippen LogP contribution in [0.1, 0.15) is 45.1 Å². The number of hydrogen-bond donors (Lipinski definition) is 1. The van der Waals surface area contributed by atoms with Crippen LogP contribution in [-0.2, 0) is 10.2 Å². The lowest BCUT2D eigenvalue weighted by Gasteiger charge is -2.45. The Labute approximate surface area is 117 Å². The monoisotopic (exact) mass is 261 g/mol. The topological polar surface area (TPSA) is 35.2 Å². The molecule has 1 aliphatic rings. The SMILES string of the molecule is CCC(CC)C(N)C1(c2ccccc2)CCOCC1. The van der Waals surface area contributed by atoms with Crippen LogP contribution in [0, 0.1) is 5.92 Å². The van der Waals surface area contributed by atoms with Crippen LogP contribution < -0.4 is 5.73 Å². The molecule has 1 aliphatic heterocycles. The van der Waals surface area contributed by atoms with Gasteiger partial charge in [0.05, 0.1) is 0 Å². The van der Waals surface area contributed by atoms with E-state index in [9.17, 15) is 0 Å². The molecular weight excluding hydrogens is 234 g/mol. The van der Waals surface area contributed by atoms with Gasteiger partial charge >= 0.3 is 0 Å². The minimum absolute atomic E-state index is 0.107. The molecule has 106 valence electrons. The summed E-state index contributed by atoms with van der Waals surface area (Å²) in [6, 6.07) is 11.1. The highest BCUT2D eigenvalue weighted by molar-refractivity contribution is 5.28. The minimum atomic E-state index is 0.107.